The molecule has 2 N–H and O–H groups in total. The molecule has 2 aliphatic rings. The van der Waals surface area contributed by atoms with Gasteiger partial charge in [0.2, 0.25) is 5.91 Å². The first-order valence-electron chi connectivity index (χ1n) is 9.07. The second-order valence-corrected chi connectivity index (χ2v) is 7.07. The fourth-order valence-electron chi connectivity index (χ4n) is 3.41. The number of carbonyl (C=O) groups is 1. The lowest BCUT2D eigenvalue weighted by Gasteiger charge is -2.21. The number of rotatable bonds is 4. The summed E-state index contributed by atoms with van der Waals surface area (Å²) >= 11 is 0. The highest BCUT2D eigenvalue weighted by molar-refractivity contribution is 5.81. The van der Waals surface area contributed by atoms with E-state index < -0.39 is 0 Å². The van der Waals surface area contributed by atoms with Gasteiger partial charge < -0.3 is 20.3 Å². The van der Waals surface area contributed by atoms with E-state index in [-0.39, 0.29) is 24.0 Å². The van der Waals surface area contributed by atoms with E-state index in [0.29, 0.717) is 6.54 Å². The Morgan fingerprint density at radius 1 is 1.40 bits per heavy atom. The molecule has 0 aliphatic carbocycles. The third kappa shape index (κ3) is 4.24. The number of carbonyl (C=O) groups excluding carboxylic acids is 1. The first kappa shape index (κ1) is 17.6. The molecule has 1 fully saturated rings. The number of nitrogens with zero attached hydrogens (tertiary/aromatic N) is 2. The molecule has 0 radical (unpaired) electrons. The molecule has 2 atom stereocenters. The molecule has 0 bridgehead atoms. The van der Waals surface area contributed by atoms with E-state index >= 15 is 0 Å². The Morgan fingerprint density at radius 3 is 2.92 bits per heavy atom. The molecule has 0 aromatic heterocycles. The second-order valence-electron chi connectivity index (χ2n) is 7.07. The zero-order valence-corrected chi connectivity index (χ0v) is 15.3. The van der Waals surface area contributed by atoms with Crippen molar-refractivity contribution < 1.29 is 9.53 Å². The summed E-state index contributed by atoms with van der Waals surface area (Å²) in [6.07, 6.45) is 1.99. The number of ether oxygens (including phenoxy) is 1. The van der Waals surface area contributed by atoms with Crippen molar-refractivity contribution in [1.82, 2.24) is 15.5 Å². The lowest BCUT2D eigenvalue weighted by molar-refractivity contribution is -0.133. The van der Waals surface area contributed by atoms with Crippen LogP contribution in [0.4, 0.5) is 0 Å². The van der Waals surface area contributed by atoms with Gasteiger partial charge in [-0.3, -0.25) is 9.79 Å². The van der Waals surface area contributed by atoms with E-state index in [1.165, 1.54) is 5.56 Å². The van der Waals surface area contributed by atoms with E-state index in [1.54, 1.807) is 7.05 Å². The standard InChI is InChI=1S/C19H28N4O2/c1-13(2)18(24)23-9-8-15(12-23)22-19(20-3)21-11-16-10-14-6-4-5-7-17(14)25-16/h4-7,13,15-16H,8-12H2,1-3H3,(H2,20,21,22). The van der Waals surface area contributed by atoms with Crippen LogP contribution in [0.15, 0.2) is 29.3 Å². The molecule has 1 aromatic rings. The van der Waals surface area contributed by atoms with Crippen LogP contribution in [0.5, 0.6) is 5.75 Å². The molecule has 6 nitrogen and oxygen atoms in total. The molecule has 2 unspecified atom stereocenters. The van der Waals surface area contributed by atoms with Gasteiger partial charge in [0.15, 0.2) is 5.96 Å². The van der Waals surface area contributed by atoms with Crippen molar-refractivity contribution in [3.8, 4) is 5.75 Å². The normalized spacial score (nSPS) is 22.7. The van der Waals surface area contributed by atoms with Gasteiger partial charge in [-0.2, -0.15) is 0 Å². The summed E-state index contributed by atoms with van der Waals surface area (Å²) in [5.41, 5.74) is 1.26. The molecule has 25 heavy (non-hydrogen) atoms. The molecule has 6 heteroatoms. The Morgan fingerprint density at radius 2 is 2.20 bits per heavy atom. The predicted molar refractivity (Wildman–Crippen MR) is 98.9 cm³/mol. The molecule has 0 saturated carbocycles. The third-order valence-electron chi connectivity index (χ3n) is 4.77. The van der Waals surface area contributed by atoms with Gasteiger partial charge in [0.25, 0.3) is 0 Å². The number of para-hydroxylation sites is 1. The van der Waals surface area contributed by atoms with Crippen molar-refractivity contribution in [2.75, 3.05) is 26.7 Å². The van der Waals surface area contributed by atoms with Crippen molar-refractivity contribution in [3.63, 3.8) is 0 Å². The zero-order valence-electron chi connectivity index (χ0n) is 15.3. The van der Waals surface area contributed by atoms with Gasteiger partial charge in [0.05, 0.1) is 6.54 Å². The number of amides is 1. The van der Waals surface area contributed by atoms with Crippen LogP contribution in [0.25, 0.3) is 0 Å². The van der Waals surface area contributed by atoms with E-state index in [9.17, 15) is 4.79 Å². The molecule has 1 aromatic carbocycles. The van der Waals surface area contributed by atoms with Crippen LogP contribution in [0, 0.1) is 5.92 Å². The minimum absolute atomic E-state index is 0.0531. The van der Waals surface area contributed by atoms with Crippen molar-refractivity contribution in [3.05, 3.63) is 29.8 Å². The van der Waals surface area contributed by atoms with E-state index in [4.69, 9.17) is 4.74 Å². The lowest BCUT2D eigenvalue weighted by Crippen LogP contribution is -2.47. The highest BCUT2D eigenvalue weighted by Gasteiger charge is 2.28. The van der Waals surface area contributed by atoms with Gasteiger partial charge in [-0.05, 0) is 18.1 Å². The number of likely N-dealkylation sites (tertiary alicyclic amines) is 1. The first-order valence-corrected chi connectivity index (χ1v) is 9.07. The molecule has 1 saturated heterocycles. The van der Waals surface area contributed by atoms with Gasteiger partial charge in [-0.15, -0.1) is 0 Å². The minimum Gasteiger partial charge on any atom is -0.488 e. The molecule has 2 aliphatic heterocycles. The molecule has 136 valence electrons. The highest BCUT2D eigenvalue weighted by Crippen LogP contribution is 2.27. The van der Waals surface area contributed by atoms with Crippen LogP contribution in [-0.2, 0) is 11.2 Å². The highest BCUT2D eigenvalue weighted by atomic mass is 16.5. The number of hydrogen-bond donors (Lipinski definition) is 2. The topological polar surface area (TPSA) is 66.0 Å². The fraction of sp³-hybridized carbons (Fsp3) is 0.579. The maximum Gasteiger partial charge on any atom is 0.225 e. The molecule has 2 heterocycles. The summed E-state index contributed by atoms with van der Waals surface area (Å²) in [4.78, 5) is 18.3. The van der Waals surface area contributed by atoms with Gasteiger partial charge in [0, 0.05) is 38.5 Å². The number of hydrogen-bond acceptors (Lipinski definition) is 3. The van der Waals surface area contributed by atoms with Crippen LogP contribution < -0.4 is 15.4 Å². The maximum atomic E-state index is 12.1. The maximum absolute atomic E-state index is 12.1. The molecular formula is C19H28N4O2. The number of nitrogens with one attached hydrogen (secondary N) is 2. The van der Waals surface area contributed by atoms with Crippen LogP contribution in [0.2, 0.25) is 0 Å². The van der Waals surface area contributed by atoms with Crippen molar-refractivity contribution in [2.24, 2.45) is 10.9 Å². The van der Waals surface area contributed by atoms with Crippen LogP contribution >= 0.6 is 0 Å². The van der Waals surface area contributed by atoms with Crippen LogP contribution in [-0.4, -0.2) is 55.6 Å². The molecule has 0 spiro atoms. The minimum atomic E-state index is 0.0531. The van der Waals surface area contributed by atoms with Gasteiger partial charge in [-0.25, -0.2) is 0 Å². The Hall–Kier alpha value is -2.24. The van der Waals surface area contributed by atoms with Crippen LogP contribution in [0.1, 0.15) is 25.8 Å². The molecular weight excluding hydrogens is 316 g/mol. The second kappa shape index (κ2) is 7.76. The van der Waals surface area contributed by atoms with Crippen molar-refractivity contribution in [1.29, 1.82) is 0 Å². The zero-order chi connectivity index (χ0) is 17.8. The average Bonchev–Trinajstić information content (AvgIpc) is 3.24. The molecule has 3 rings (SSSR count). The number of aliphatic imine (C=N–C) groups is 1. The SMILES string of the molecule is CN=C(NCC1Cc2ccccc2O1)NC1CCN(C(=O)C(C)C)C1. The number of guanidine groups is 1. The fourth-order valence-corrected chi connectivity index (χ4v) is 3.41. The van der Waals surface area contributed by atoms with Crippen molar-refractivity contribution in [2.45, 2.75) is 38.8 Å². The third-order valence-corrected chi connectivity index (χ3v) is 4.77. The Labute approximate surface area is 149 Å². The summed E-state index contributed by atoms with van der Waals surface area (Å²) in [7, 11) is 1.77. The van der Waals surface area contributed by atoms with Gasteiger partial charge in [-0.1, -0.05) is 32.0 Å². The van der Waals surface area contributed by atoms with Gasteiger partial charge in [0.1, 0.15) is 11.9 Å². The smallest absolute Gasteiger partial charge is 0.225 e. The summed E-state index contributed by atoms with van der Waals surface area (Å²) < 4.78 is 5.95. The number of fused-ring (bicyclic) bond motifs is 1. The summed E-state index contributed by atoms with van der Waals surface area (Å²) in [6, 6.07) is 8.42. The van der Waals surface area contributed by atoms with E-state index in [0.717, 1.165) is 37.6 Å². The molecule has 1 amide bonds. The van der Waals surface area contributed by atoms with Gasteiger partial charge >= 0.3 is 0 Å². The monoisotopic (exact) mass is 344 g/mol. The first-order chi connectivity index (χ1) is 12.1. The van der Waals surface area contributed by atoms with E-state index in [2.05, 4.69) is 21.7 Å². The Kier molecular flexibility index (Phi) is 5.46. The Bertz CT molecular complexity index is 619. The lowest BCUT2D eigenvalue weighted by atomic mass is 10.1. The van der Waals surface area contributed by atoms with Crippen molar-refractivity contribution >= 4 is 11.9 Å². The quantitative estimate of drug-likeness (QED) is 0.640. The number of benzene rings is 1. The van der Waals surface area contributed by atoms with Crippen LogP contribution in [0.3, 0.4) is 0 Å². The summed E-state index contributed by atoms with van der Waals surface area (Å²) in [5, 5.41) is 6.77. The average molecular weight is 344 g/mol. The Balaban J connectivity index is 1.44. The van der Waals surface area contributed by atoms with E-state index in [1.807, 2.05) is 36.9 Å². The predicted octanol–water partition coefficient (Wildman–Crippen LogP) is 1.41. The summed E-state index contributed by atoms with van der Waals surface area (Å²) in [5.74, 6) is 2.03. The summed E-state index contributed by atoms with van der Waals surface area (Å²) in [6.45, 7) is 6.15. The largest absolute Gasteiger partial charge is 0.488 e.